The third-order valence-corrected chi connectivity index (χ3v) is 2.93. The minimum absolute atomic E-state index is 0.0577. The quantitative estimate of drug-likeness (QED) is 0.596. The molecule has 2 aromatic carbocycles. The highest BCUT2D eigenvalue weighted by Gasteiger charge is 2.09. The molecule has 0 amide bonds. The summed E-state index contributed by atoms with van der Waals surface area (Å²) in [4.78, 5) is 0. The van der Waals surface area contributed by atoms with Crippen molar-refractivity contribution in [3.8, 4) is 17.6 Å². The predicted molar refractivity (Wildman–Crippen MR) is 79.3 cm³/mol. The number of halogens is 3. The lowest BCUT2D eigenvalue weighted by Gasteiger charge is -2.09. The number of hydrogen-bond acceptors (Lipinski definition) is 1. The fourth-order valence-corrected chi connectivity index (χ4v) is 1.81. The van der Waals surface area contributed by atoms with Gasteiger partial charge in [-0.05, 0) is 18.2 Å². The summed E-state index contributed by atoms with van der Waals surface area (Å²) in [5, 5.41) is 0. The van der Waals surface area contributed by atoms with Gasteiger partial charge in [0.15, 0.2) is 11.6 Å². The average Bonchev–Trinajstić information content (AvgIpc) is 2.50. The van der Waals surface area contributed by atoms with Crippen molar-refractivity contribution in [1.29, 1.82) is 0 Å². The summed E-state index contributed by atoms with van der Waals surface area (Å²) in [7, 11) is 0. The molecule has 2 aromatic rings. The van der Waals surface area contributed by atoms with Gasteiger partial charge in [-0.3, -0.25) is 0 Å². The van der Waals surface area contributed by atoms with Crippen LogP contribution in [0.2, 0.25) is 0 Å². The molecule has 0 aromatic heterocycles. The number of ether oxygens (including phenoxy) is 1. The van der Waals surface area contributed by atoms with Crippen LogP contribution in [0.5, 0.6) is 5.75 Å². The summed E-state index contributed by atoms with van der Waals surface area (Å²) in [5.41, 5.74) is 0.859. The van der Waals surface area contributed by atoms with Crippen LogP contribution in [0.4, 0.5) is 8.78 Å². The molecule has 0 aliphatic rings. The van der Waals surface area contributed by atoms with Gasteiger partial charge in [0.05, 0.1) is 5.56 Å². The molecular formula is C17H13ClF2O. The summed E-state index contributed by atoms with van der Waals surface area (Å²) in [6.07, 6.45) is 0.578. The van der Waals surface area contributed by atoms with Gasteiger partial charge in [0.25, 0.3) is 0 Å². The van der Waals surface area contributed by atoms with Gasteiger partial charge in [-0.1, -0.05) is 36.1 Å². The van der Waals surface area contributed by atoms with Crippen molar-refractivity contribution in [2.24, 2.45) is 0 Å². The molecular weight excluding hydrogens is 294 g/mol. The van der Waals surface area contributed by atoms with E-state index in [4.69, 9.17) is 16.3 Å². The molecule has 0 heterocycles. The third-order valence-electron chi connectivity index (χ3n) is 2.74. The van der Waals surface area contributed by atoms with Crippen LogP contribution in [0.1, 0.15) is 17.5 Å². The van der Waals surface area contributed by atoms with E-state index < -0.39 is 11.6 Å². The molecule has 0 aliphatic heterocycles. The second-order valence-corrected chi connectivity index (χ2v) is 4.62. The van der Waals surface area contributed by atoms with Gasteiger partial charge in [-0.2, -0.15) is 0 Å². The summed E-state index contributed by atoms with van der Waals surface area (Å²) in [5.74, 6) is 5.09. The number of benzene rings is 2. The van der Waals surface area contributed by atoms with Crippen molar-refractivity contribution in [2.75, 3.05) is 5.88 Å². The van der Waals surface area contributed by atoms with Gasteiger partial charge in [0.2, 0.25) is 0 Å². The third kappa shape index (κ3) is 4.21. The Morgan fingerprint density at radius 1 is 1.05 bits per heavy atom. The highest BCUT2D eigenvalue weighted by Crippen LogP contribution is 2.20. The highest BCUT2D eigenvalue weighted by atomic mass is 35.5. The molecule has 0 saturated carbocycles. The van der Waals surface area contributed by atoms with Crippen LogP contribution in [0, 0.1) is 23.5 Å². The molecule has 0 spiro atoms. The van der Waals surface area contributed by atoms with E-state index in [1.165, 1.54) is 12.1 Å². The molecule has 4 heteroatoms. The van der Waals surface area contributed by atoms with E-state index in [0.29, 0.717) is 23.6 Å². The first-order chi connectivity index (χ1) is 10.2. The first-order valence-corrected chi connectivity index (χ1v) is 6.95. The minimum atomic E-state index is -0.886. The topological polar surface area (TPSA) is 9.23 Å². The van der Waals surface area contributed by atoms with Crippen molar-refractivity contribution >= 4 is 11.6 Å². The molecule has 2 rings (SSSR count). The van der Waals surface area contributed by atoms with Gasteiger partial charge >= 0.3 is 0 Å². The van der Waals surface area contributed by atoms with Crippen molar-refractivity contribution in [1.82, 2.24) is 0 Å². The van der Waals surface area contributed by atoms with E-state index >= 15 is 0 Å². The van der Waals surface area contributed by atoms with Crippen molar-refractivity contribution < 1.29 is 13.5 Å². The van der Waals surface area contributed by atoms with Crippen molar-refractivity contribution in [3.63, 3.8) is 0 Å². The Kier molecular flexibility index (Phi) is 5.59. The number of hydrogen-bond donors (Lipinski definition) is 0. The van der Waals surface area contributed by atoms with E-state index in [0.717, 1.165) is 6.07 Å². The van der Waals surface area contributed by atoms with Crippen LogP contribution in [-0.4, -0.2) is 5.88 Å². The number of rotatable bonds is 4. The maximum atomic E-state index is 13.6. The fourth-order valence-electron chi connectivity index (χ4n) is 1.72. The Morgan fingerprint density at radius 2 is 1.86 bits per heavy atom. The molecule has 0 N–H and O–H groups in total. The standard InChI is InChI=1S/C17H13ClF2O/c18-11-4-3-7-13-6-1-2-10-16(13)21-12-14-8-5-9-15(19)17(14)20/h1-2,5-6,8-10H,4,11-12H2. The zero-order valence-corrected chi connectivity index (χ0v) is 12.0. The van der Waals surface area contributed by atoms with Crippen LogP contribution < -0.4 is 4.74 Å². The molecule has 1 nitrogen and oxygen atoms in total. The minimum Gasteiger partial charge on any atom is -0.487 e. The highest BCUT2D eigenvalue weighted by molar-refractivity contribution is 6.18. The van der Waals surface area contributed by atoms with Crippen LogP contribution >= 0.6 is 11.6 Å². The Balaban J connectivity index is 2.14. The molecule has 0 unspecified atom stereocenters. The van der Waals surface area contributed by atoms with E-state index in [1.54, 1.807) is 18.2 Å². The largest absolute Gasteiger partial charge is 0.487 e. The summed E-state index contributed by atoms with van der Waals surface area (Å²) >= 11 is 5.57. The molecule has 0 saturated heterocycles. The van der Waals surface area contributed by atoms with Crippen molar-refractivity contribution in [3.05, 3.63) is 65.2 Å². The van der Waals surface area contributed by atoms with Gasteiger partial charge in [-0.15, -0.1) is 11.6 Å². The van der Waals surface area contributed by atoms with Crippen LogP contribution in [0.25, 0.3) is 0 Å². The molecule has 0 atom stereocenters. The molecule has 21 heavy (non-hydrogen) atoms. The summed E-state index contributed by atoms with van der Waals surface area (Å²) < 4.78 is 32.2. The molecule has 0 aliphatic carbocycles. The van der Waals surface area contributed by atoms with E-state index in [2.05, 4.69) is 11.8 Å². The maximum absolute atomic E-state index is 13.6. The second kappa shape index (κ2) is 7.66. The zero-order chi connectivity index (χ0) is 15.1. The fraction of sp³-hybridized carbons (Fsp3) is 0.176. The second-order valence-electron chi connectivity index (χ2n) is 4.24. The van der Waals surface area contributed by atoms with Gasteiger partial charge in [0.1, 0.15) is 12.4 Å². The first kappa shape index (κ1) is 15.3. The summed E-state index contributed by atoms with van der Waals surface area (Å²) in [6, 6.07) is 11.2. The lowest BCUT2D eigenvalue weighted by molar-refractivity contribution is 0.296. The molecule has 0 bridgehead atoms. The first-order valence-electron chi connectivity index (χ1n) is 6.42. The van der Waals surface area contributed by atoms with Gasteiger partial charge in [0, 0.05) is 17.9 Å². The van der Waals surface area contributed by atoms with Crippen LogP contribution in [-0.2, 0) is 6.61 Å². The van der Waals surface area contributed by atoms with Gasteiger partial charge in [-0.25, -0.2) is 8.78 Å². The predicted octanol–water partition coefficient (Wildman–Crippen LogP) is 4.52. The van der Waals surface area contributed by atoms with E-state index in [9.17, 15) is 8.78 Å². The monoisotopic (exact) mass is 306 g/mol. The SMILES string of the molecule is Fc1cccc(COc2ccccc2C#CCCCl)c1F. The van der Waals surface area contributed by atoms with Gasteiger partial charge < -0.3 is 4.74 Å². The van der Waals surface area contributed by atoms with Crippen molar-refractivity contribution in [2.45, 2.75) is 13.0 Å². The Hall–Kier alpha value is -2.05. The maximum Gasteiger partial charge on any atom is 0.165 e. The normalized spacial score (nSPS) is 9.86. The number of alkyl halides is 1. The lowest BCUT2D eigenvalue weighted by Crippen LogP contribution is -2.01. The average molecular weight is 307 g/mol. The Labute approximate surface area is 127 Å². The van der Waals surface area contributed by atoms with E-state index in [1.807, 2.05) is 6.07 Å². The van der Waals surface area contributed by atoms with Crippen LogP contribution in [0.3, 0.4) is 0 Å². The lowest BCUT2D eigenvalue weighted by atomic mass is 10.2. The van der Waals surface area contributed by atoms with E-state index in [-0.39, 0.29) is 12.2 Å². The summed E-state index contributed by atoms with van der Waals surface area (Å²) in [6.45, 7) is -0.0577. The smallest absolute Gasteiger partial charge is 0.165 e. The molecule has 108 valence electrons. The molecule has 0 radical (unpaired) electrons. The Bertz CT molecular complexity index is 674. The van der Waals surface area contributed by atoms with Crippen LogP contribution in [0.15, 0.2) is 42.5 Å². The molecule has 0 fully saturated rings. The number of para-hydroxylation sites is 1. The zero-order valence-electron chi connectivity index (χ0n) is 11.2. The Morgan fingerprint density at radius 3 is 2.67 bits per heavy atom.